The van der Waals surface area contributed by atoms with E-state index < -0.39 is 22.0 Å². The molecule has 26 heavy (non-hydrogen) atoms. The zero-order valence-corrected chi connectivity index (χ0v) is 14.8. The average molecular weight is 370 g/mol. The second kappa shape index (κ2) is 7.25. The van der Waals surface area contributed by atoms with E-state index in [1.165, 1.54) is 12.1 Å². The topological polar surface area (TPSA) is 95.5 Å². The molecule has 3 aromatic carbocycles. The van der Waals surface area contributed by atoms with Crippen molar-refractivity contribution in [3.63, 3.8) is 0 Å². The number of aliphatic carboxylic acids is 1. The van der Waals surface area contributed by atoms with Crippen molar-refractivity contribution < 1.29 is 18.3 Å². The number of benzene rings is 3. The highest BCUT2D eigenvalue weighted by molar-refractivity contribution is 7.89. The summed E-state index contributed by atoms with van der Waals surface area (Å²) in [5.74, 6) is -1.19. The van der Waals surface area contributed by atoms with E-state index in [2.05, 4.69) is 10.3 Å². The molecule has 0 aromatic heterocycles. The molecular weight excluding hydrogens is 352 g/mol. The molecule has 0 aliphatic heterocycles. The molecule has 0 aliphatic carbocycles. The van der Waals surface area contributed by atoms with Gasteiger partial charge in [0.25, 0.3) is 10.0 Å². The van der Waals surface area contributed by atoms with Crippen molar-refractivity contribution in [2.45, 2.75) is 17.9 Å². The third kappa shape index (κ3) is 3.75. The van der Waals surface area contributed by atoms with Crippen LogP contribution in [-0.4, -0.2) is 19.5 Å². The van der Waals surface area contributed by atoms with Gasteiger partial charge in [-0.2, -0.15) is 0 Å². The Bertz CT molecular complexity index is 1040. The highest BCUT2D eigenvalue weighted by Gasteiger charge is 2.24. The summed E-state index contributed by atoms with van der Waals surface area (Å²) < 4.78 is 24.8. The maximum Gasteiger partial charge on any atom is 0.326 e. The minimum absolute atomic E-state index is 0.0534. The van der Waals surface area contributed by atoms with Gasteiger partial charge >= 0.3 is 5.97 Å². The summed E-state index contributed by atoms with van der Waals surface area (Å²) >= 11 is 0. The molecule has 0 saturated carbocycles. The SMILES string of the molecule is Cc1ccc(S(=O)(=O)NNC(C(=O)O)c2cccc3ccccc23)cc1. The molecular formula is C19H18N2O4S. The largest absolute Gasteiger partial charge is 0.480 e. The Morgan fingerprint density at radius 3 is 2.31 bits per heavy atom. The monoisotopic (exact) mass is 370 g/mol. The third-order valence-corrected chi connectivity index (χ3v) is 5.33. The van der Waals surface area contributed by atoms with Crippen molar-refractivity contribution in [1.29, 1.82) is 0 Å². The highest BCUT2D eigenvalue weighted by atomic mass is 32.2. The molecule has 0 fully saturated rings. The number of carbonyl (C=O) groups is 1. The fourth-order valence-corrected chi connectivity index (χ4v) is 3.57. The predicted molar refractivity (Wildman–Crippen MR) is 99.0 cm³/mol. The fourth-order valence-electron chi connectivity index (χ4n) is 2.69. The summed E-state index contributed by atoms with van der Waals surface area (Å²) in [6.07, 6.45) is 0. The van der Waals surface area contributed by atoms with Crippen LogP contribution in [-0.2, 0) is 14.8 Å². The van der Waals surface area contributed by atoms with E-state index in [-0.39, 0.29) is 4.90 Å². The molecule has 0 amide bonds. The van der Waals surface area contributed by atoms with E-state index in [0.717, 1.165) is 16.3 Å². The smallest absolute Gasteiger partial charge is 0.326 e. The summed E-state index contributed by atoms with van der Waals surface area (Å²) in [6, 6.07) is 17.6. The number of carboxylic acid groups (broad SMARTS) is 1. The molecule has 3 N–H and O–H groups in total. The summed E-state index contributed by atoms with van der Waals surface area (Å²) in [4.78, 5) is 14.0. The van der Waals surface area contributed by atoms with Gasteiger partial charge < -0.3 is 5.11 Å². The maximum atomic E-state index is 12.4. The molecule has 1 atom stereocenters. The number of hydrogen-bond donors (Lipinski definition) is 3. The van der Waals surface area contributed by atoms with E-state index >= 15 is 0 Å². The van der Waals surface area contributed by atoms with E-state index in [4.69, 9.17) is 0 Å². The van der Waals surface area contributed by atoms with Crippen LogP contribution in [0.2, 0.25) is 0 Å². The third-order valence-electron chi connectivity index (χ3n) is 4.05. The van der Waals surface area contributed by atoms with Gasteiger partial charge in [0.05, 0.1) is 4.90 Å². The van der Waals surface area contributed by atoms with Gasteiger partial charge in [0.15, 0.2) is 0 Å². The molecule has 0 heterocycles. The number of nitrogens with one attached hydrogen (secondary N) is 2. The summed E-state index contributed by atoms with van der Waals surface area (Å²) in [7, 11) is -3.89. The van der Waals surface area contributed by atoms with Crippen LogP contribution in [0.25, 0.3) is 10.8 Å². The molecule has 0 aliphatic rings. The Labute approximate surface area is 151 Å². The first kappa shape index (κ1) is 18.1. The Morgan fingerprint density at radius 2 is 1.62 bits per heavy atom. The number of hydrazine groups is 1. The van der Waals surface area contributed by atoms with Crippen molar-refractivity contribution >= 4 is 26.8 Å². The van der Waals surface area contributed by atoms with E-state index in [1.807, 2.05) is 25.1 Å². The number of aryl methyl sites for hydroxylation is 1. The molecule has 7 heteroatoms. The van der Waals surface area contributed by atoms with Gasteiger partial charge in [-0.25, -0.2) is 13.8 Å². The van der Waals surface area contributed by atoms with Crippen molar-refractivity contribution in [2.24, 2.45) is 0 Å². The van der Waals surface area contributed by atoms with Gasteiger partial charge in [-0.05, 0) is 35.4 Å². The van der Waals surface area contributed by atoms with Gasteiger partial charge in [-0.3, -0.25) is 4.79 Å². The average Bonchev–Trinajstić information content (AvgIpc) is 2.62. The zero-order valence-electron chi connectivity index (χ0n) is 14.0. The zero-order chi connectivity index (χ0) is 18.7. The predicted octanol–water partition coefficient (Wildman–Crippen LogP) is 2.76. The molecule has 1 unspecified atom stereocenters. The molecule has 6 nitrogen and oxygen atoms in total. The molecule has 3 rings (SSSR count). The maximum absolute atomic E-state index is 12.4. The van der Waals surface area contributed by atoms with Gasteiger partial charge in [-0.15, -0.1) is 4.83 Å². The highest BCUT2D eigenvalue weighted by Crippen LogP contribution is 2.24. The van der Waals surface area contributed by atoms with Crippen LogP contribution < -0.4 is 10.3 Å². The Hall–Kier alpha value is -2.74. The lowest BCUT2D eigenvalue weighted by atomic mass is 9.99. The van der Waals surface area contributed by atoms with Crippen molar-refractivity contribution in [3.8, 4) is 0 Å². The lowest BCUT2D eigenvalue weighted by Crippen LogP contribution is -2.42. The Balaban J connectivity index is 1.90. The number of sulfonamides is 1. The fraction of sp³-hybridized carbons (Fsp3) is 0.105. The molecule has 0 saturated heterocycles. The lowest BCUT2D eigenvalue weighted by Gasteiger charge is -2.18. The number of rotatable bonds is 6. The minimum atomic E-state index is -3.89. The number of hydrogen-bond acceptors (Lipinski definition) is 4. The number of carboxylic acids is 1. The van der Waals surface area contributed by atoms with Crippen LogP contribution in [0.1, 0.15) is 17.2 Å². The van der Waals surface area contributed by atoms with Gasteiger partial charge in [0.1, 0.15) is 6.04 Å². The van der Waals surface area contributed by atoms with Crippen LogP contribution in [0.3, 0.4) is 0 Å². The standard InChI is InChI=1S/C19H18N2O4S/c1-13-9-11-15(12-10-13)26(24,25)21-20-18(19(22)23)17-8-4-6-14-5-2-3-7-16(14)17/h2-12,18,20-21H,1H3,(H,22,23). The summed E-state index contributed by atoms with van der Waals surface area (Å²) in [5, 5.41) is 11.2. The first-order chi connectivity index (χ1) is 12.4. The van der Waals surface area contributed by atoms with Crippen molar-refractivity contribution in [2.75, 3.05) is 0 Å². The molecule has 0 bridgehead atoms. The van der Waals surface area contributed by atoms with E-state index in [9.17, 15) is 18.3 Å². The normalized spacial score (nSPS) is 12.8. The molecule has 3 aromatic rings. The minimum Gasteiger partial charge on any atom is -0.480 e. The second-order valence-corrected chi connectivity index (χ2v) is 7.58. The first-order valence-electron chi connectivity index (χ1n) is 7.93. The molecule has 0 radical (unpaired) electrons. The van der Waals surface area contributed by atoms with Crippen molar-refractivity contribution in [1.82, 2.24) is 10.3 Å². The quantitative estimate of drug-likeness (QED) is 0.580. The van der Waals surface area contributed by atoms with Crippen LogP contribution in [0.5, 0.6) is 0 Å². The first-order valence-corrected chi connectivity index (χ1v) is 9.41. The number of fused-ring (bicyclic) bond motifs is 1. The second-order valence-electron chi connectivity index (χ2n) is 5.90. The summed E-state index contributed by atoms with van der Waals surface area (Å²) in [5.41, 5.74) is 3.84. The van der Waals surface area contributed by atoms with Crippen LogP contribution in [0, 0.1) is 6.92 Å². The Morgan fingerprint density at radius 1 is 0.962 bits per heavy atom. The summed E-state index contributed by atoms with van der Waals surface area (Å²) in [6.45, 7) is 1.85. The van der Waals surface area contributed by atoms with Gasteiger partial charge in [0.2, 0.25) is 0 Å². The van der Waals surface area contributed by atoms with E-state index in [0.29, 0.717) is 5.56 Å². The van der Waals surface area contributed by atoms with Crippen LogP contribution in [0.4, 0.5) is 0 Å². The van der Waals surface area contributed by atoms with E-state index in [1.54, 1.807) is 36.4 Å². The Kier molecular flexibility index (Phi) is 5.03. The lowest BCUT2D eigenvalue weighted by molar-refractivity contribution is -0.139. The molecule has 134 valence electrons. The van der Waals surface area contributed by atoms with Gasteiger partial charge in [-0.1, -0.05) is 60.2 Å². The van der Waals surface area contributed by atoms with Gasteiger partial charge in [0, 0.05) is 0 Å². The molecule has 0 spiro atoms. The van der Waals surface area contributed by atoms with Crippen LogP contribution >= 0.6 is 0 Å². The van der Waals surface area contributed by atoms with Crippen LogP contribution in [0.15, 0.2) is 71.6 Å². The van der Waals surface area contributed by atoms with Crippen molar-refractivity contribution in [3.05, 3.63) is 77.9 Å².